The zero-order valence-electron chi connectivity index (χ0n) is 16.7. The molecular weight excluding hydrogens is 502 g/mol. The summed E-state index contributed by atoms with van der Waals surface area (Å²) in [4.78, 5) is 30.8. The molecule has 2 bridgehead atoms. The standard InChI is InChI=1S/C21H25FN4O3.HI/c1-23-21(25-8-10-29-16-4-2-3-15(22)12-16)24-7-9-26-19(27)17-13-5-6-14(11-13)18(17)20(26)28;/h2-6,12-14,17-18H,7-11H2,1H3,(H2,23,24,25);1H. The number of hydrogen-bond donors (Lipinski definition) is 2. The quantitative estimate of drug-likeness (QED) is 0.141. The first kappa shape index (κ1) is 22.5. The van der Waals surface area contributed by atoms with Gasteiger partial charge in [0, 0.05) is 26.2 Å². The van der Waals surface area contributed by atoms with Crippen LogP contribution in [0.2, 0.25) is 0 Å². The largest absolute Gasteiger partial charge is 0.492 e. The molecule has 0 spiro atoms. The molecule has 162 valence electrons. The van der Waals surface area contributed by atoms with Crippen LogP contribution in [0.5, 0.6) is 5.75 Å². The van der Waals surface area contributed by atoms with Gasteiger partial charge < -0.3 is 15.4 Å². The summed E-state index contributed by atoms with van der Waals surface area (Å²) in [6.07, 6.45) is 5.13. The lowest BCUT2D eigenvalue weighted by atomic mass is 9.85. The zero-order chi connectivity index (χ0) is 20.4. The molecule has 9 heteroatoms. The number of rotatable bonds is 7. The molecule has 7 nitrogen and oxygen atoms in total. The fraction of sp³-hybridized carbons (Fsp3) is 0.476. The van der Waals surface area contributed by atoms with Gasteiger partial charge in [-0.05, 0) is 30.4 Å². The highest BCUT2D eigenvalue weighted by Crippen LogP contribution is 2.52. The van der Waals surface area contributed by atoms with Gasteiger partial charge in [0.25, 0.3) is 0 Å². The van der Waals surface area contributed by atoms with Crippen LogP contribution in [0.1, 0.15) is 6.42 Å². The predicted octanol–water partition coefficient (Wildman–Crippen LogP) is 1.79. The summed E-state index contributed by atoms with van der Waals surface area (Å²) in [7, 11) is 1.64. The number of aliphatic imine (C=N–C) groups is 1. The number of nitrogens with zero attached hydrogens (tertiary/aromatic N) is 2. The normalized spacial score (nSPS) is 26.6. The maximum absolute atomic E-state index is 13.1. The van der Waals surface area contributed by atoms with Crippen molar-refractivity contribution in [3.63, 3.8) is 0 Å². The second-order valence-electron chi connectivity index (χ2n) is 7.56. The van der Waals surface area contributed by atoms with E-state index < -0.39 is 0 Å². The molecule has 4 rings (SSSR count). The van der Waals surface area contributed by atoms with Gasteiger partial charge in [-0.3, -0.25) is 19.5 Å². The smallest absolute Gasteiger partial charge is 0.233 e. The molecule has 30 heavy (non-hydrogen) atoms. The van der Waals surface area contributed by atoms with Crippen molar-refractivity contribution in [1.82, 2.24) is 15.5 Å². The van der Waals surface area contributed by atoms with E-state index in [4.69, 9.17) is 4.74 Å². The minimum absolute atomic E-state index is 0. The zero-order valence-corrected chi connectivity index (χ0v) is 19.0. The first-order chi connectivity index (χ1) is 14.1. The van der Waals surface area contributed by atoms with Crippen LogP contribution in [-0.2, 0) is 9.59 Å². The molecule has 3 aliphatic rings. The van der Waals surface area contributed by atoms with Crippen molar-refractivity contribution in [2.45, 2.75) is 6.42 Å². The summed E-state index contributed by atoms with van der Waals surface area (Å²) in [5, 5.41) is 6.20. The third-order valence-electron chi connectivity index (χ3n) is 5.87. The van der Waals surface area contributed by atoms with Crippen LogP contribution in [0, 0.1) is 29.5 Å². The Balaban J connectivity index is 0.00000256. The fourth-order valence-electron chi connectivity index (χ4n) is 4.59. The number of nitrogens with one attached hydrogen (secondary N) is 2. The van der Waals surface area contributed by atoms with Gasteiger partial charge in [-0.15, -0.1) is 24.0 Å². The first-order valence-electron chi connectivity index (χ1n) is 9.95. The fourth-order valence-corrected chi connectivity index (χ4v) is 4.59. The Morgan fingerprint density at radius 2 is 1.83 bits per heavy atom. The maximum atomic E-state index is 13.1. The van der Waals surface area contributed by atoms with Crippen molar-refractivity contribution in [1.29, 1.82) is 0 Å². The molecule has 4 atom stereocenters. The SMILES string of the molecule is CN=C(NCCOc1cccc(F)c1)NCCN1C(=O)C2C3C=CC(C3)C2C1=O.I. The van der Waals surface area contributed by atoms with E-state index in [2.05, 4.69) is 27.8 Å². The van der Waals surface area contributed by atoms with Gasteiger partial charge in [0.2, 0.25) is 11.8 Å². The molecule has 1 saturated heterocycles. The maximum Gasteiger partial charge on any atom is 0.233 e. The molecule has 2 fully saturated rings. The number of carbonyl (C=O) groups excluding carboxylic acids is 2. The van der Waals surface area contributed by atoms with Crippen LogP contribution in [-0.4, -0.2) is 56.0 Å². The summed E-state index contributed by atoms with van der Waals surface area (Å²) in [6.45, 7) is 1.55. The summed E-state index contributed by atoms with van der Waals surface area (Å²) in [5.74, 6) is 0.745. The average molecular weight is 528 g/mol. The second kappa shape index (κ2) is 9.76. The molecule has 1 heterocycles. The minimum Gasteiger partial charge on any atom is -0.492 e. The minimum atomic E-state index is -0.341. The van der Waals surface area contributed by atoms with E-state index in [0.29, 0.717) is 38.0 Å². The molecule has 2 aliphatic carbocycles. The van der Waals surface area contributed by atoms with Crippen molar-refractivity contribution in [2.24, 2.45) is 28.7 Å². The average Bonchev–Trinajstić information content (AvgIpc) is 3.39. The van der Waals surface area contributed by atoms with Crippen molar-refractivity contribution >= 4 is 41.8 Å². The van der Waals surface area contributed by atoms with Gasteiger partial charge in [0.15, 0.2) is 5.96 Å². The van der Waals surface area contributed by atoms with Crippen LogP contribution in [0.15, 0.2) is 41.4 Å². The lowest BCUT2D eigenvalue weighted by Gasteiger charge is -2.18. The Hall–Kier alpha value is -2.17. The number of likely N-dealkylation sites (tertiary alicyclic amines) is 1. The Morgan fingerprint density at radius 1 is 1.17 bits per heavy atom. The molecule has 0 radical (unpaired) electrons. The number of carbonyl (C=O) groups is 2. The lowest BCUT2D eigenvalue weighted by molar-refractivity contribution is -0.140. The van der Waals surface area contributed by atoms with E-state index in [-0.39, 0.29) is 65.3 Å². The Morgan fingerprint density at radius 3 is 2.47 bits per heavy atom. The topological polar surface area (TPSA) is 83.0 Å². The molecule has 4 unspecified atom stereocenters. The van der Waals surface area contributed by atoms with Gasteiger partial charge in [0.05, 0.1) is 18.4 Å². The Labute approximate surface area is 192 Å². The van der Waals surface area contributed by atoms with Gasteiger partial charge in [-0.2, -0.15) is 0 Å². The first-order valence-corrected chi connectivity index (χ1v) is 9.95. The monoisotopic (exact) mass is 528 g/mol. The highest BCUT2D eigenvalue weighted by atomic mass is 127. The van der Waals surface area contributed by atoms with Crippen molar-refractivity contribution < 1.29 is 18.7 Å². The van der Waals surface area contributed by atoms with E-state index in [0.717, 1.165) is 6.42 Å². The number of amides is 2. The molecule has 1 aliphatic heterocycles. The predicted molar refractivity (Wildman–Crippen MR) is 121 cm³/mol. The number of ether oxygens (including phenoxy) is 1. The van der Waals surface area contributed by atoms with Crippen LogP contribution >= 0.6 is 24.0 Å². The molecule has 0 aromatic heterocycles. The van der Waals surface area contributed by atoms with Crippen molar-refractivity contribution in [3.05, 3.63) is 42.2 Å². The van der Waals surface area contributed by atoms with Crippen LogP contribution < -0.4 is 15.4 Å². The van der Waals surface area contributed by atoms with Gasteiger partial charge >= 0.3 is 0 Å². The molecule has 2 N–H and O–H groups in total. The second-order valence-corrected chi connectivity index (χ2v) is 7.56. The number of hydrogen-bond acceptors (Lipinski definition) is 4. The molecule has 2 amide bonds. The Bertz CT molecular complexity index is 832. The third kappa shape index (κ3) is 4.45. The van der Waals surface area contributed by atoms with Crippen molar-refractivity contribution in [2.75, 3.05) is 33.3 Å². The highest BCUT2D eigenvalue weighted by molar-refractivity contribution is 14.0. The number of guanidine groups is 1. The number of imide groups is 1. The van der Waals surface area contributed by atoms with Gasteiger partial charge in [0.1, 0.15) is 18.2 Å². The lowest BCUT2D eigenvalue weighted by Crippen LogP contribution is -2.44. The molecule has 1 aromatic rings. The third-order valence-corrected chi connectivity index (χ3v) is 5.87. The van der Waals surface area contributed by atoms with E-state index in [1.54, 1.807) is 19.2 Å². The van der Waals surface area contributed by atoms with Gasteiger partial charge in [-0.1, -0.05) is 18.2 Å². The summed E-state index contributed by atoms with van der Waals surface area (Å²) in [6, 6.07) is 5.97. The summed E-state index contributed by atoms with van der Waals surface area (Å²) >= 11 is 0. The van der Waals surface area contributed by atoms with Crippen molar-refractivity contribution in [3.8, 4) is 5.75 Å². The molecule has 1 saturated carbocycles. The Kier molecular flexibility index (Phi) is 7.32. The molecular formula is C21H26FIN4O3. The number of allylic oxidation sites excluding steroid dienone is 2. The van der Waals surface area contributed by atoms with E-state index >= 15 is 0 Å². The van der Waals surface area contributed by atoms with Gasteiger partial charge in [-0.25, -0.2) is 4.39 Å². The summed E-state index contributed by atoms with van der Waals surface area (Å²) in [5.41, 5.74) is 0. The number of fused-ring (bicyclic) bond motifs is 5. The summed E-state index contributed by atoms with van der Waals surface area (Å²) < 4.78 is 18.6. The number of benzene rings is 1. The molecule has 1 aromatic carbocycles. The van der Waals surface area contributed by atoms with Crippen LogP contribution in [0.25, 0.3) is 0 Å². The van der Waals surface area contributed by atoms with Crippen LogP contribution in [0.4, 0.5) is 4.39 Å². The van der Waals surface area contributed by atoms with E-state index in [1.807, 2.05) is 0 Å². The van der Waals surface area contributed by atoms with E-state index in [9.17, 15) is 14.0 Å². The van der Waals surface area contributed by atoms with E-state index in [1.165, 1.54) is 17.0 Å². The highest BCUT2D eigenvalue weighted by Gasteiger charge is 2.58. The number of halogens is 2. The van der Waals surface area contributed by atoms with Crippen LogP contribution in [0.3, 0.4) is 0 Å².